The van der Waals surface area contributed by atoms with Crippen molar-refractivity contribution in [2.45, 2.75) is 25.2 Å². The highest BCUT2D eigenvalue weighted by molar-refractivity contribution is 6.10. The molecule has 0 saturated carbocycles. The van der Waals surface area contributed by atoms with Crippen molar-refractivity contribution >= 4 is 44.3 Å². The molecule has 2 aliphatic carbocycles. The smallest absolute Gasteiger partial charge is 0.0541 e. The van der Waals surface area contributed by atoms with Gasteiger partial charge in [0.15, 0.2) is 0 Å². The second kappa shape index (κ2) is 11.8. The van der Waals surface area contributed by atoms with Gasteiger partial charge in [0.2, 0.25) is 0 Å². The summed E-state index contributed by atoms with van der Waals surface area (Å²) in [5.41, 5.74) is 16.8. The second-order valence-electron chi connectivity index (χ2n) is 13.6. The third-order valence-electron chi connectivity index (χ3n) is 10.8. The lowest BCUT2D eigenvalue weighted by atomic mass is 9.84. The topological polar surface area (TPSA) is 8.17 Å². The molecule has 3 aliphatic rings. The summed E-state index contributed by atoms with van der Waals surface area (Å²) in [7, 11) is 0. The number of nitrogens with zero attached hydrogens (tertiary/aromatic N) is 2. The molecule has 7 aromatic rings. The Morgan fingerprint density at radius 1 is 0.500 bits per heavy atom. The van der Waals surface area contributed by atoms with Crippen LogP contribution in [0, 0.1) is 0 Å². The van der Waals surface area contributed by atoms with Gasteiger partial charge in [-0.3, -0.25) is 0 Å². The lowest BCUT2D eigenvalue weighted by molar-refractivity contribution is 0.832. The van der Waals surface area contributed by atoms with E-state index in [4.69, 9.17) is 0 Å². The number of hydrogen-bond donors (Lipinski definition) is 0. The molecule has 6 aromatic carbocycles. The molecule has 0 fully saturated rings. The molecular formula is C48H36N2. The predicted molar refractivity (Wildman–Crippen MR) is 211 cm³/mol. The van der Waals surface area contributed by atoms with E-state index in [1.54, 1.807) is 0 Å². The first-order valence-electron chi connectivity index (χ1n) is 17.8. The Bertz CT molecular complexity index is 2580. The van der Waals surface area contributed by atoms with E-state index in [-0.39, 0.29) is 0 Å². The summed E-state index contributed by atoms with van der Waals surface area (Å²) in [5, 5.41) is 2.59. The molecule has 10 rings (SSSR count). The third kappa shape index (κ3) is 4.71. The molecule has 2 heterocycles. The Morgan fingerprint density at radius 3 is 2.14 bits per heavy atom. The number of allylic oxidation sites excluding steroid dienone is 8. The van der Waals surface area contributed by atoms with E-state index in [1.165, 1.54) is 83.5 Å². The maximum Gasteiger partial charge on any atom is 0.0541 e. The van der Waals surface area contributed by atoms with Gasteiger partial charge >= 0.3 is 0 Å². The maximum atomic E-state index is 2.48. The summed E-state index contributed by atoms with van der Waals surface area (Å²) >= 11 is 0. The average Bonchev–Trinajstić information content (AvgIpc) is 3.71. The molecule has 0 N–H and O–H groups in total. The van der Waals surface area contributed by atoms with Crippen molar-refractivity contribution in [3.05, 3.63) is 198 Å². The zero-order valence-electron chi connectivity index (χ0n) is 27.8. The summed E-state index contributed by atoms with van der Waals surface area (Å²) in [6, 6.07) is 53.6. The van der Waals surface area contributed by atoms with Gasteiger partial charge in [-0.1, -0.05) is 121 Å². The van der Waals surface area contributed by atoms with E-state index < -0.39 is 0 Å². The Morgan fingerprint density at radius 2 is 1.24 bits per heavy atom. The number of hydrogen-bond acceptors (Lipinski definition) is 1. The number of aromatic nitrogens is 1. The molecule has 1 unspecified atom stereocenters. The molecule has 1 aromatic heterocycles. The van der Waals surface area contributed by atoms with Crippen molar-refractivity contribution in [1.29, 1.82) is 0 Å². The van der Waals surface area contributed by atoms with Gasteiger partial charge in [0.25, 0.3) is 0 Å². The van der Waals surface area contributed by atoms with Gasteiger partial charge in [-0.25, -0.2) is 0 Å². The Labute approximate surface area is 293 Å². The maximum absolute atomic E-state index is 2.48. The van der Waals surface area contributed by atoms with Crippen LogP contribution in [0.3, 0.4) is 0 Å². The van der Waals surface area contributed by atoms with Gasteiger partial charge in [0, 0.05) is 39.4 Å². The van der Waals surface area contributed by atoms with Crippen LogP contribution in [-0.2, 0) is 0 Å². The van der Waals surface area contributed by atoms with Crippen LogP contribution in [0.1, 0.15) is 41.9 Å². The lowest BCUT2D eigenvalue weighted by Gasteiger charge is -2.27. The van der Waals surface area contributed by atoms with Gasteiger partial charge in [0.05, 0.1) is 11.0 Å². The monoisotopic (exact) mass is 640 g/mol. The second-order valence-corrected chi connectivity index (χ2v) is 13.6. The number of para-hydroxylation sites is 2. The largest absolute Gasteiger partial charge is 0.313 e. The Balaban J connectivity index is 1.06. The van der Waals surface area contributed by atoms with E-state index in [0.29, 0.717) is 5.92 Å². The number of anilines is 2. The van der Waals surface area contributed by atoms with Crippen LogP contribution >= 0.6 is 0 Å². The number of benzene rings is 6. The highest BCUT2D eigenvalue weighted by atomic mass is 15.2. The quantitative estimate of drug-likeness (QED) is 0.182. The van der Waals surface area contributed by atoms with Crippen LogP contribution < -0.4 is 4.90 Å². The first-order chi connectivity index (χ1) is 24.8. The molecule has 0 saturated heterocycles. The van der Waals surface area contributed by atoms with Crippen molar-refractivity contribution in [1.82, 2.24) is 4.57 Å². The summed E-state index contributed by atoms with van der Waals surface area (Å²) in [5.74, 6) is 0.301. The Kier molecular flexibility index (Phi) is 6.80. The number of fused-ring (bicyclic) bond motifs is 6. The predicted octanol–water partition coefficient (Wildman–Crippen LogP) is 12.8. The van der Waals surface area contributed by atoms with E-state index in [1.807, 2.05) is 0 Å². The first-order valence-corrected chi connectivity index (χ1v) is 17.8. The molecule has 2 heteroatoms. The summed E-state index contributed by atoms with van der Waals surface area (Å²) in [6.07, 6.45) is 14.6. The summed E-state index contributed by atoms with van der Waals surface area (Å²) in [4.78, 5) is 2.48. The molecular weight excluding hydrogens is 605 g/mol. The fraction of sp³-hybridized carbons (Fsp3) is 0.0833. The van der Waals surface area contributed by atoms with Crippen LogP contribution in [0.15, 0.2) is 182 Å². The minimum Gasteiger partial charge on any atom is -0.313 e. The van der Waals surface area contributed by atoms with Crippen LogP contribution in [-0.4, -0.2) is 4.57 Å². The Hall–Kier alpha value is -6.12. The zero-order chi connectivity index (χ0) is 33.0. The standard InChI is InChI=1S/C48H36N2/c1-3-13-33(14-4-1)35-17-11-19-39(29-35)49-45-23-9-7-21-41(45)43-31-37(25-27-47(43)49)38-26-28-48-44(32-38)42-22-8-10-24-46(42)50(48)40-20-12-18-36(30-40)34-15-5-2-6-16-34/h1-5,7-15,17-30,32,43H,6,16,31H2. The SMILES string of the molecule is C1=CCCC(c2cccc(-n3c4ccccc4c4cc(C5=CC=C6C(C5)c5ccccc5N6c5cccc(-c6ccccc6)c5)ccc43)c2)=C1. The fourth-order valence-corrected chi connectivity index (χ4v) is 8.42. The van der Waals surface area contributed by atoms with Gasteiger partial charge in [-0.2, -0.15) is 0 Å². The summed E-state index contributed by atoms with van der Waals surface area (Å²) in [6.45, 7) is 0. The van der Waals surface area contributed by atoms with Crippen molar-refractivity contribution in [2.75, 3.05) is 4.90 Å². The summed E-state index contributed by atoms with van der Waals surface area (Å²) < 4.78 is 2.44. The van der Waals surface area contributed by atoms with E-state index in [9.17, 15) is 0 Å². The van der Waals surface area contributed by atoms with Crippen LogP contribution in [0.5, 0.6) is 0 Å². The minimum atomic E-state index is 0.301. The molecule has 238 valence electrons. The van der Waals surface area contributed by atoms with E-state index in [2.05, 4.69) is 185 Å². The molecule has 0 amide bonds. The van der Waals surface area contributed by atoms with Crippen LogP contribution in [0.4, 0.5) is 11.4 Å². The van der Waals surface area contributed by atoms with Gasteiger partial charge in [-0.05, 0) is 113 Å². The van der Waals surface area contributed by atoms with Gasteiger partial charge < -0.3 is 9.47 Å². The number of rotatable bonds is 5. The van der Waals surface area contributed by atoms with Gasteiger partial charge in [-0.15, -0.1) is 0 Å². The van der Waals surface area contributed by atoms with E-state index >= 15 is 0 Å². The minimum absolute atomic E-state index is 0.301. The zero-order valence-corrected chi connectivity index (χ0v) is 27.8. The van der Waals surface area contributed by atoms with Crippen molar-refractivity contribution < 1.29 is 0 Å². The third-order valence-corrected chi connectivity index (χ3v) is 10.8. The fourth-order valence-electron chi connectivity index (χ4n) is 8.42. The van der Waals surface area contributed by atoms with E-state index in [0.717, 1.165) is 19.3 Å². The highest BCUT2D eigenvalue weighted by Crippen LogP contribution is 2.53. The van der Waals surface area contributed by atoms with Crippen LogP contribution in [0.2, 0.25) is 0 Å². The molecule has 50 heavy (non-hydrogen) atoms. The molecule has 0 bridgehead atoms. The van der Waals surface area contributed by atoms with Crippen molar-refractivity contribution in [3.63, 3.8) is 0 Å². The van der Waals surface area contributed by atoms with Gasteiger partial charge in [0.1, 0.15) is 0 Å². The highest BCUT2D eigenvalue weighted by Gasteiger charge is 2.36. The molecule has 1 atom stereocenters. The molecule has 0 radical (unpaired) electrons. The molecule has 1 aliphatic heterocycles. The van der Waals surface area contributed by atoms with Crippen LogP contribution in [0.25, 0.3) is 49.8 Å². The lowest BCUT2D eigenvalue weighted by Crippen LogP contribution is -2.15. The molecule has 0 spiro atoms. The van der Waals surface area contributed by atoms with Crippen molar-refractivity contribution in [3.8, 4) is 16.8 Å². The first kappa shape index (κ1) is 28.9. The van der Waals surface area contributed by atoms with Crippen molar-refractivity contribution in [2.24, 2.45) is 0 Å². The average molecular weight is 641 g/mol. The molecule has 2 nitrogen and oxygen atoms in total. The normalized spacial score (nSPS) is 16.6.